The summed E-state index contributed by atoms with van der Waals surface area (Å²) in [5.41, 5.74) is 1.43. The fraction of sp³-hybridized carbons (Fsp3) is 0.679. The molecule has 0 aromatic heterocycles. The summed E-state index contributed by atoms with van der Waals surface area (Å²) >= 11 is 0. The zero-order chi connectivity index (χ0) is 23.3. The summed E-state index contributed by atoms with van der Waals surface area (Å²) in [5, 5.41) is 8.71. The highest BCUT2D eigenvalue weighted by molar-refractivity contribution is 5.93. The summed E-state index contributed by atoms with van der Waals surface area (Å²) in [6, 6.07) is 7.73. The number of rotatable bonds is 20. The summed E-state index contributed by atoms with van der Waals surface area (Å²) in [7, 11) is 0. The predicted molar refractivity (Wildman–Crippen MR) is 134 cm³/mol. The van der Waals surface area contributed by atoms with Gasteiger partial charge in [-0.05, 0) is 37.1 Å². The van der Waals surface area contributed by atoms with E-state index in [0.717, 1.165) is 24.3 Å². The van der Waals surface area contributed by atoms with Crippen molar-refractivity contribution < 1.29 is 19.4 Å². The van der Waals surface area contributed by atoms with Crippen LogP contribution in [0, 0.1) is 0 Å². The van der Waals surface area contributed by atoms with Gasteiger partial charge in [0.15, 0.2) is 0 Å². The van der Waals surface area contributed by atoms with Crippen LogP contribution in [0.1, 0.15) is 109 Å². The van der Waals surface area contributed by atoms with E-state index in [4.69, 9.17) is 14.6 Å². The van der Waals surface area contributed by atoms with E-state index in [-0.39, 0.29) is 13.2 Å². The molecule has 1 aromatic rings. The lowest BCUT2D eigenvalue weighted by molar-refractivity contribution is -0.139. The number of carbonyl (C=O) groups is 1. The van der Waals surface area contributed by atoms with Crippen LogP contribution in [0.2, 0.25) is 0 Å². The molecule has 182 valence electrons. The van der Waals surface area contributed by atoms with Crippen LogP contribution in [0.3, 0.4) is 0 Å². The Morgan fingerprint density at radius 1 is 0.781 bits per heavy atom. The van der Waals surface area contributed by atoms with Crippen molar-refractivity contribution in [3.05, 3.63) is 35.4 Å². The Bertz CT molecular complexity index is 606. The molecular weight excluding hydrogens is 400 g/mol. The Labute approximate surface area is 196 Å². The summed E-state index contributed by atoms with van der Waals surface area (Å²) in [5.74, 6) is 0.453. The highest BCUT2D eigenvalue weighted by Crippen LogP contribution is 2.16. The SMILES string of the molecule is CCCCCCCCCCCCCCCCOc1ccc(/C=C(\C)C(=O)OCCO)cc1. The lowest BCUT2D eigenvalue weighted by Gasteiger charge is -2.07. The largest absolute Gasteiger partial charge is 0.494 e. The molecule has 0 aliphatic rings. The number of hydrogen-bond donors (Lipinski definition) is 1. The van der Waals surface area contributed by atoms with Crippen molar-refractivity contribution in [1.82, 2.24) is 0 Å². The van der Waals surface area contributed by atoms with Crippen LogP contribution < -0.4 is 4.74 Å². The Hall–Kier alpha value is -1.81. The molecule has 0 radical (unpaired) electrons. The van der Waals surface area contributed by atoms with E-state index >= 15 is 0 Å². The van der Waals surface area contributed by atoms with Crippen molar-refractivity contribution in [3.63, 3.8) is 0 Å². The molecule has 0 spiro atoms. The minimum Gasteiger partial charge on any atom is -0.494 e. The van der Waals surface area contributed by atoms with Crippen LogP contribution in [0.15, 0.2) is 29.8 Å². The van der Waals surface area contributed by atoms with Gasteiger partial charge in [0.1, 0.15) is 12.4 Å². The molecule has 4 heteroatoms. The highest BCUT2D eigenvalue weighted by Gasteiger charge is 2.05. The maximum atomic E-state index is 11.7. The highest BCUT2D eigenvalue weighted by atomic mass is 16.5. The number of benzene rings is 1. The molecule has 0 bridgehead atoms. The van der Waals surface area contributed by atoms with E-state index in [2.05, 4.69) is 6.92 Å². The van der Waals surface area contributed by atoms with Gasteiger partial charge < -0.3 is 14.6 Å². The summed E-state index contributed by atoms with van der Waals surface area (Å²) < 4.78 is 10.7. The lowest BCUT2D eigenvalue weighted by atomic mass is 10.0. The number of hydrogen-bond acceptors (Lipinski definition) is 4. The van der Waals surface area contributed by atoms with Gasteiger partial charge in [-0.3, -0.25) is 0 Å². The molecule has 0 saturated heterocycles. The van der Waals surface area contributed by atoms with Crippen molar-refractivity contribution in [2.75, 3.05) is 19.8 Å². The number of carbonyl (C=O) groups excluding carboxylic acids is 1. The number of ether oxygens (including phenoxy) is 2. The topological polar surface area (TPSA) is 55.8 Å². The average molecular weight is 447 g/mol. The molecule has 0 saturated carbocycles. The standard InChI is InChI=1S/C28H46O4/c1-3-4-5-6-7-8-9-10-11-12-13-14-15-16-22-31-27-19-17-26(18-20-27)24-25(2)28(30)32-23-21-29/h17-20,24,29H,3-16,21-23H2,1-2H3/b25-24+. The first-order valence-electron chi connectivity index (χ1n) is 12.9. The third-order valence-corrected chi connectivity index (χ3v) is 5.68. The molecule has 1 N–H and O–H groups in total. The van der Waals surface area contributed by atoms with Crippen molar-refractivity contribution in [3.8, 4) is 5.75 Å². The van der Waals surface area contributed by atoms with Crippen LogP contribution in [-0.4, -0.2) is 30.9 Å². The van der Waals surface area contributed by atoms with Crippen molar-refractivity contribution in [2.24, 2.45) is 0 Å². The van der Waals surface area contributed by atoms with Gasteiger partial charge in [0.2, 0.25) is 0 Å². The average Bonchev–Trinajstić information content (AvgIpc) is 2.81. The smallest absolute Gasteiger partial charge is 0.333 e. The van der Waals surface area contributed by atoms with Gasteiger partial charge >= 0.3 is 5.97 Å². The van der Waals surface area contributed by atoms with Gasteiger partial charge in [0.05, 0.1) is 13.2 Å². The fourth-order valence-electron chi connectivity index (χ4n) is 3.71. The zero-order valence-corrected chi connectivity index (χ0v) is 20.6. The molecule has 0 amide bonds. The maximum absolute atomic E-state index is 11.7. The number of aliphatic hydroxyl groups excluding tert-OH is 1. The van der Waals surface area contributed by atoms with Crippen LogP contribution in [0.25, 0.3) is 6.08 Å². The molecule has 1 rings (SSSR count). The van der Waals surface area contributed by atoms with Crippen LogP contribution in [-0.2, 0) is 9.53 Å². The molecule has 0 atom stereocenters. The van der Waals surface area contributed by atoms with Gasteiger partial charge in [-0.2, -0.15) is 0 Å². The molecular formula is C28H46O4. The number of esters is 1. The van der Waals surface area contributed by atoms with Crippen LogP contribution in [0.5, 0.6) is 5.75 Å². The van der Waals surface area contributed by atoms with Gasteiger partial charge in [0, 0.05) is 5.57 Å². The van der Waals surface area contributed by atoms with Gasteiger partial charge in [0.25, 0.3) is 0 Å². The molecule has 0 aliphatic carbocycles. The third kappa shape index (κ3) is 15.1. The van der Waals surface area contributed by atoms with E-state index in [9.17, 15) is 4.79 Å². The lowest BCUT2D eigenvalue weighted by Crippen LogP contribution is -2.09. The number of unbranched alkanes of at least 4 members (excludes halogenated alkanes) is 13. The molecule has 0 heterocycles. The molecule has 0 unspecified atom stereocenters. The summed E-state index contributed by atoms with van der Waals surface area (Å²) in [4.78, 5) is 11.7. The molecule has 0 fully saturated rings. The Morgan fingerprint density at radius 2 is 1.28 bits per heavy atom. The van der Waals surface area contributed by atoms with Crippen molar-refractivity contribution >= 4 is 12.0 Å². The molecule has 4 nitrogen and oxygen atoms in total. The van der Waals surface area contributed by atoms with Crippen molar-refractivity contribution in [1.29, 1.82) is 0 Å². The van der Waals surface area contributed by atoms with E-state index in [1.165, 1.54) is 83.5 Å². The first-order chi connectivity index (χ1) is 15.7. The van der Waals surface area contributed by atoms with E-state index in [1.807, 2.05) is 24.3 Å². The molecule has 1 aromatic carbocycles. The van der Waals surface area contributed by atoms with Crippen LogP contribution >= 0.6 is 0 Å². The second kappa shape index (κ2) is 19.8. The first kappa shape index (κ1) is 28.2. The maximum Gasteiger partial charge on any atom is 0.333 e. The second-order valence-corrected chi connectivity index (χ2v) is 8.70. The van der Waals surface area contributed by atoms with E-state index in [1.54, 1.807) is 13.0 Å². The van der Waals surface area contributed by atoms with Crippen molar-refractivity contribution in [2.45, 2.75) is 104 Å². The van der Waals surface area contributed by atoms with E-state index < -0.39 is 5.97 Å². The predicted octanol–water partition coefficient (Wildman–Crippen LogP) is 7.49. The minimum atomic E-state index is -0.405. The number of aliphatic hydroxyl groups is 1. The summed E-state index contributed by atoms with van der Waals surface area (Å²) in [6.45, 7) is 4.60. The third-order valence-electron chi connectivity index (χ3n) is 5.68. The van der Waals surface area contributed by atoms with E-state index in [0.29, 0.717) is 5.57 Å². The molecule has 0 aliphatic heterocycles. The summed E-state index contributed by atoms with van der Waals surface area (Å²) in [6.07, 6.45) is 20.8. The molecule has 32 heavy (non-hydrogen) atoms. The van der Waals surface area contributed by atoms with Crippen LogP contribution in [0.4, 0.5) is 0 Å². The van der Waals surface area contributed by atoms with Gasteiger partial charge in [-0.25, -0.2) is 4.79 Å². The Morgan fingerprint density at radius 3 is 1.78 bits per heavy atom. The minimum absolute atomic E-state index is 0.0239. The quantitative estimate of drug-likeness (QED) is 0.128. The second-order valence-electron chi connectivity index (χ2n) is 8.70. The van der Waals surface area contributed by atoms with Gasteiger partial charge in [-0.1, -0.05) is 103 Å². The Balaban J connectivity index is 2.01. The fourth-order valence-corrected chi connectivity index (χ4v) is 3.71. The Kier molecular flexibility index (Phi) is 17.5. The monoisotopic (exact) mass is 446 g/mol. The normalized spacial score (nSPS) is 11.5. The first-order valence-corrected chi connectivity index (χ1v) is 12.9. The van der Waals surface area contributed by atoms with Gasteiger partial charge in [-0.15, -0.1) is 0 Å². The zero-order valence-electron chi connectivity index (χ0n) is 20.6.